The van der Waals surface area contributed by atoms with Gasteiger partial charge in [0.2, 0.25) is 0 Å². The summed E-state index contributed by atoms with van der Waals surface area (Å²) in [7, 11) is 0. The van der Waals surface area contributed by atoms with Crippen LogP contribution in [0.3, 0.4) is 0 Å². The van der Waals surface area contributed by atoms with Gasteiger partial charge in [-0.25, -0.2) is 14.8 Å². The third-order valence-corrected chi connectivity index (χ3v) is 4.34. The Kier molecular flexibility index (Phi) is 6.20. The lowest BCUT2D eigenvalue weighted by molar-refractivity contribution is 0.252. The van der Waals surface area contributed by atoms with Gasteiger partial charge in [0, 0.05) is 25.7 Å². The molecule has 0 spiro atoms. The van der Waals surface area contributed by atoms with E-state index in [-0.39, 0.29) is 6.03 Å². The standard InChI is InChI=1S/C19H25N5O/c25-19(20-11-7-10-16-8-3-1-4-9-16)23-17-14-18(22-15-21-17)24-12-5-2-6-13-24/h1,3-4,8-9,14-15H,2,5-7,10-13H2,(H2,20,21,22,23,25). The van der Waals surface area contributed by atoms with E-state index in [1.165, 1.54) is 31.2 Å². The molecule has 132 valence electrons. The fraction of sp³-hybridized carbons (Fsp3) is 0.421. The summed E-state index contributed by atoms with van der Waals surface area (Å²) in [6, 6.07) is 11.9. The fourth-order valence-corrected chi connectivity index (χ4v) is 3.01. The molecule has 1 aliphatic rings. The van der Waals surface area contributed by atoms with Gasteiger partial charge in [-0.15, -0.1) is 0 Å². The molecule has 1 saturated heterocycles. The van der Waals surface area contributed by atoms with Crippen molar-refractivity contribution in [3.63, 3.8) is 0 Å². The number of aryl methyl sites for hydroxylation is 1. The van der Waals surface area contributed by atoms with E-state index >= 15 is 0 Å². The van der Waals surface area contributed by atoms with E-state index < -0.39 is 0 Å². The lowest BCUT2D eigenvalue weighted by Gasteiger charge is -2.27. The minimum absolute atomic E-state index is 0.226. The van der Waals surface area contributed by atoms with Crippen LogP contribution < -0.4 is 15.5 Å². The average Bonchev–Trinajstić information content (AvgIpc) is 2.67. The second kappa shape index (κ2) is 9.01. The molecule has 0 atom stereocenters. The smallest absolute Gasteiger partial charge is 0.320 e. The van der Waals surface area contributed by atoms with Crippen LogP contribution in [0.25, 0.3) is 0 Å². The first-order chi connectivity index (χ1) is 12.3. The number of rotatable bonds is 6. The predicted molar refractivity (Wildman–Crippen MR) is 99.9 cm³/mol. The lowest BCUT2D eigenvalue weighted by Crippen LogP contribution is -2.31. The Morgan fingerprint density at radius 3 is 2.68 bits per heavy atom. The van der Waals surface area contributed by atoms with Crippen LogP contribution in [0.2, 0.25) is 0 Å². The molecule has 2 heterocycles. The Bertz CT molecular complexity index is 671. The number of hydrogen-bond donors (Lipinski definition) is 2. The average molecular weight is 339 g/mol. The van der Waals surface area contributed by atoms with Gasteiger partial charge in [-0.2, -0.15) is 0 Å². The number of piperidine rings is 1. The fourth-order valence-electron chi connectivity index (χ4n) is 3.01. The van der Waals surface area contributed by atoms with Crippen molar-refractivity contribution in [3.05, 3.63) is 48.3 Å². The number of nitrogens with one attached hydrogen (secondary N) is 2. The van der Waals surface area contributed by atoms with Crippen LogP contribution in [0.15, 0.2) is 42.7 Å². The van der Waals surface area contributed by atoms with Crippen molar-refractivity contribution >= 4 is 17.7 Å². The number of amides is 2. The van der Waals surface area contributed by atoms with Gasteiger partial charge in [-0.3, -0.25) is 5.32 Å². The number of aromatic nitrogens is 2. The molecule has 1 aromatic heterocycles. The van der Waals surface area contributed by atoms with Crippen LogP contribution in [-0.4, -0.2) is 35.6 Å². The molecular formula is C19H25N5O. The van der Waals surface area contributed by atoms with Crippen LogP contribution in [0.1, 0.15) is 31.2 Å². The molecule has 3 rings (SSSR count). The summed E-state index contributed by atoms with van der Waals surface area (Å²) in [5.41, 5.74) is 1.28. The highest BCUT2D eigenvalue weighted by molar-refractivity contribution is 5.88. The highest BCUT2D eigenvalue weighted by atomic mass is 16.2. The molecule has 0 bridgehead atoms. The van der Waals surface area contributed by atoms with E-state index in [1.807, 2.05) is 24.3 Å². The molecule has 1 aromatic carbocycles. The van der Waals surface area contributed by atoms with Crippen molar-refractivity contribution in [2.75, 3.05) is 29.9 Å². The zero-order valence-electron chi connectivity index (χ0n) is 14.4. The van der Waals surface area contributed by atoms with Crippen molar-refractivity contribution in [3.8, 4) is 0 Å². The quantitative estimate of drug-likeness (QED) is 0.793. The van der Waals surface area contributed by atoms with Crippen molar-refractivity contribution in [1.29, 1.82) is 0 Å². The molecule has 0 aliphatic carbocycles. The summed E-state index contributed by atoms with van der Waals surface area (Å²) < 4.78 is 0. The topological polar surface area (TPSA) is 70.2 Å². The van der Waals surface area contributed by atoms with Gasteiger partial charge >= 0.3 is 6.03 Å². The monoisotopic (exact) mass is 339 g/mol. The molecule has 2 aromatic rings. The molecule has 1 fully saturated rings. The van der Waals surface area contributed by atoms with E-state index in [0.29, 0.717) is 12.4 Å². The van der Waals surface area contributed by atoms with E-state index in [2.05, 4.69) is 37.6 Å². The minimum atomic E-state index is -0.226. The number of carbonyl (C=O) groups excluding carboxylic acids is 1. The third-order valence-electron chi connectivity index (χ3n) is 4.34. The van der Waals surface area contributed by atoms with E-state index in [1.54, 1.807) is 0 Å². The molecule has 0 saturated carbocycles. The highest BCUT2D eigenvalue weighted by Crippen LogP contribution is 2.18. The lowest BCUT2D eigenvalue weighted by atomic mass is 10.1. The van der Waals surface area contributed by atoms with E-state index in [9.17, 15) is 4.79 Å². The molecule has 2 N–H and O–H groups in total. The van der Waals surface area contributed by atoms with Gasteiger partial charge in [0.1, 0.15) is 18.0 Å². The Morgan fingerprint density at radius 2 is 1.88 bits per heavy atom. The number of nitrogens with zero attached hydrogens (tertiary/aromatic N) is 3. The Hall–Kier alpha value is -2.63. The van der Waals surface area contributed by atoms with Gasteiger partial charge in [0.25, 0.3) is 0 Å². The highest BCUT2D eigenvalue weighted by Gasteiger charge is 2.13. The summed E-state index contributed by atoms with van der Waals surface area (Å²) in [6.07, 6.45) is 7.02. The molecule has 0 unspecified atom stereocenters. The third kappa shape index (κ3) is 5.45. The Balaban J connectivity index is 1.43. The van der Waals surface area contributed by atoms with Crippen LogP contribution >= 0.6 is 0 Å². The van der Waals surface area contributed by atoms with Gasteiger partial charge in [-0.05, 0) is 37.7 Å². The largest absolute Gasteiger partial charge is 0.356 e. The van der Waals surface area contributed by atoms with E-state index in [4.69, 9.17) is 0 Å². The van der Waals surface area contributed by atoms with Crippen LogP contribution in [0.4, 0.5) is 16.4 Å². The number of urea groups is 1. The van der Waals surface area contributed by atoms with Crippen molar-refractivity contribution in [2.45, 2.75) is 32.1 Å². The number of benzene rings is 1. The summed E-state index contributed by atoms with van der Waals surface area (Å²) >= 11 is 0. The van der Waals surface area contributed by atoms with Crippen LogP contribution in [-0.2, 0) is 6.42 Å². The van der Waals surface area contributed by atoms with Crippen molar-refractivity contribution in [1.82, 2.24) is 15.3 Å². The summed E-state index contributed by atoms with van der Waals surface area (Å²) in [5, 5.41) is 5.67. The second-order valence-corrected chi connectivity index (χ2v) is 6.28. The van der Waals surface area contributed by atoms with Crippen molar-refractivity contribution in [2.24, 2.45) is 0 Å². The maximum atomic E-state index is 12.0. The zero-order chi connectivity index (χ0) is 17.3. The summed E-state index contributed by atoms with van der Waals surface area (Å²) in [6.45, 7) is 2.66. The molecule has 25 heavy (non-hydrogen) atoms. The minimum Gasteiger partial charge on any atom is -0.356 e. The predicted octanol–water partition coefficient (Wildman–Crippen LogP) is 3.22. The SMILES string of the molecule is O=C(NCCCc1ccccc1)Nc1cc(N2CCCCC2)ncn1. The maximum Gasteiger partial charge on any atom is 0.320 e. The first-order valence-corrected chi connectivity index (χ1v) is 8.97. The van der Waals surface area contributed by atoms with Gasteiger partial charge in [0.15, 0.2) is 0 Å². The number of carbonyl (C=O) groups is 1. The summed E-state index contributed by atoms with van der Waals surface area (Å²) in [5.74, 6) is 1.42. The zero-order valence-corrected chi connectivity index (χ0v) is 14.4. The summed E-state index contributed by atoms with van der Waals surface area (Å²) in [4.78, 5) is 22.7. The Morgan fingerprint density at radius 1 is 1.08 bits per heavy atom. The number of anilines is 2. The molecule has 6 heteroatoms. The second-order valence-electron chi connectivity index (χ2n) is 6.28. The van der Waals surface area contributed by atoms with Gasteiger partial charge in [0.05, 0.1) is 0 Å². The van der Waals surface area contributed by atoms with E-state index in [0.717, 1.165) is 31.7 Å². The van der Waals surface area contributed by atoms with Crippen molar-refractivity contribution < 1.29 is 4.79 Å². The Labute approximate surface area is 148 Å². The normalized spacial score (nSPS) is 14.2. The first-order valence-electron chi connectivity index (χ1n) is 8.97. The molecule has 6 nitrogen and oxygen atoms in total. The molecule has 1 aliphatic heterocycles. The van der Waals surface area contributed by atoms with Crippen LogP contribution in [0, 0.1) is 0 Å². The molecule has 2 amide bonds. The molecular weight excluding hydrogens is 314 g/mol. The maximum absolute atomic E-state index is 12.0. The number of hydrogen-bond acceptors (Lipinski definition) is 4. The van der Waals surface area contributed by atoms with Gasteiger partial charge in [-0.1, -0.05) is 30.3 Å². The molecule has 0 radical (unpaired) electrons. The van der Waals surface area contributed by atoms with Crippen LogP contribution in [0.5, 0.6) is 0 Å². The first kappa shape index (κ1) is 17.2. The van der Waals surface area contributed by atoms with Gasteiger partial charge < -0.3 is 10.2 Å².